The number of alkyl halides is 3. The first kappa shape index (κ1) is 23.6. The molecular formula is C21H21ClF3N5O2S. The fraction of sp³-hybridized carbons (Fsp3) is 0.429. The van der Waals surface area contributed by atoms with E-state index in [0.29, 0.717) is 17.5 Å². The number of unbranched alkanes of at least 4 members (excludes halogenated alkanes) is 1. The maximum absolute atomic E-state index is 13.2. The van der Waals surface area contributed by atoms with Gasteiger partial charge in [0.05, 0.1) is 10.7 Å². The van der Waals surface area contributed by atoms with E-state index >= 15 is 0 Å². The number of hydrogen-bond donors (Lipinski definition) is 0. The van der Waals surface area contributed by atoms with Gasteiger partial charge in [-0.2, -0.15) is 22.7 Å². The summed E-state index contributed by atoms with van der Waals surface area (Å²) in [6.07, 6.45) is 1.26. The molecule has 176 valence electrons. The number of halogens is 4. The van der Waals surface area contributed by atoms with Crippen LogP contribution in [0.15, 0.2) is 33.7 Å². The number of aryl methyl sites for hydroxylation is 1. The number of pyridine rings is 2. The SMILES string of the molecule is CCCCS(=O)/N=C(\c1cnc(C(F)(F)F)c(Cl)c1)c1c2ccn(C3CC3)c(=O)c2nn1C. The van der Waals surface area contributed by atoms with Gasteiger partial charge in [0, 0.05) is 42.2 Å². The third kappa shape index (κ3) is 4.74. The van der Waals surface area contributed by atoms with Crippen LogP contribution in [0.25, 0.3) is 10.9 Å². The van der Waals surface area contributed by atoms with E-state index in [9.17, 15) is 22.2 Å². The number of fused-ring (bicyclic) bond motifs is 1. The third-order valence-corrected chi connectivity index (χ3v) is 6.65. The summed E-state index contributed by atoms with van der Waals surface area (Å²) in [5.41, 5.74) is -0.656. The predicted octanol–water partition coefficient (Wildman–Crippen LogP) is 4.44. The van der Waals surface area contributed by atoms with Crippen LogP contribution < -0.4 is 5.56 Å². The largest absolute Gasteiger partial charge is 0.434 e. The van der Waals surface area contributed by atoms with E-state index in [0.717, 1.165) is 31.5 Å². The third-order valence-electron chi connectivity index (χ3n) is 5.34. The van der Waals surface area contributed by atoms with E-state index in [2.05, 4.69) is 14.5 Å². The predicted molar refractivity (Wildman–Crippen MR) is 121 cm³/mol. The van der Waals surface area contributed by atoms with E-state index in [1.54, 1.807) is 23.9 Å². The van der Waals surface area contributed by atoms with Crippen molar-refractivity contribution in [3.63, 3.8) is 0 Å². The lowest BCUT2D eigenvalue weighted by Crippen LogP contribution is -2.18. The molecule has 0 N–H and O–H groups in total. The first-order chi connectivity index (χ1) is 15.6. The Kier molecular flexibility index (Phi) is 6.45. The molecule has 33 heavy (non-hydrogen) atoms. The van der Waals surface area contributed by atoms with Gasteiger partial charge in [0.25, 0.3) is 5.56 Å². The first-order valence-electron chi connectivity index (χ1n) is 10.4. The average Bonchev–Trinajstić information content (AvgIpc) is 3.52. The topological polar surface area (TPSA) is 82.1 Å². The van der Waals surface area contributed by atoms with Gasteiger partial charge >= 0.3 is 6.18 Å². The number of hydrogen-bond acceptors (Lipinski definition) is 4. The molecule has 1 fully saturated rings. The highest BCUT2D eigenvalue weighted by Gasteiger charge is 2.35. The van der Waals surface area contributed by atoms with Gasteiger partial charge in [0.2, 0.25) is 0 Å². The summed E-state index contributed by atoms with van der Waals surface area (Å²) in [5, 5.41) is 4.21. The Balaban J connectivity index is 1.90. The molecule has 0 spiro atoms. The summed E-state index contributed by atoms with van der Waals surface area (Å²) in [6, 6.07) is 2.97. The molecule has 0 aliphatic heterocycles. The fourth-order valence-electron chi connectivity index (χ4n) is 3.55. The summed E-state index contributed by atoms with van der Waals surface area (Å²) < 4.78 is 59.5. The van der Waals surface area contributed by atoms with Crippen molar-refractivity contribution in [1.82, 2.24) is 19.3 Å². The van der Waals surface area contributed by atoms with Crippen LogP contribution in [-0.2, 0) is 24.2 Å². The molecule has 0 bridgehead atoms. The molecule has 1 aliphatic carbocycles. The fourth-order valence-corrected chi connectivity index (χ4v) is 4.84. The standard InChI is InChI=1S/C21H21ClF3N5O2S/c1-3-4-9-33(32)28-16(12-10-15(22)19(26-11-12)21(23,24)25)18-14-7-8-30(13-5-6-13)20(31)17(14)27-29(18)2/h7-8,10-11,13H,3-6,9H2,1-2H3/b28-16+. The molecule has 4 rings (SSSR count). The zero-order valence-electron chi connectivity index (χ0n) is 17.9. The zero-order chi connectivity index (χ0) is 23.9. The number of rotatable bonds is 7. The maximum Gasteiger partial charge on any atom is 0.434 e. The minimum atomic E-state index is -4.72. The molecule has 7 nitrogen and oxygen atoms in total. The Bertz CT molecular complexity index is 1330. The van der Waals surface area contributed by atoms with E-state index in [1.165, 1.54) is 4.68 Å². The highest BCUT2D eigenvalue weighted by atomic mass is 35.5. The van der Waals surface area contributed by atoms with Crippen LogP contribution in [0.1, 0.15) is 55.6 Å². The van der Waals surface area contributed by atoms with Gasteiger partial charge in [-0.3, -0.25) is 9.48 Å². The van der Waals surface area contributed by atoms with Crippen molar-refractivity contribution in [2.75, 3.05) is 5.75 Å². The van der Waals surface area contributed by atoms with Crippen molar-refractivity contribution in [3.05, 3.63) is 56.9 Å². The quantitative estimate of drug-likeness (QED) is 0.450. The van der Waals surface area contributed by atoms with Crippen LogP contribution in [-0.4, -0.2) is 35.0 Å². The van der Waals surface area contributed by atoms with Gasteiger partial charge in [-0.25, -0.2) is 9.19 Å². The molecule has 0 aromatic carbocycles. The average molecular weight is 500 g/mol. The van der Waals surface area contributed by atoms with E-state index in [1.807, 2.05) is 6.92 Å². The molecule has 3 aromatic rings. The van der Waals surface area contributed by atoms with E-state index in [4.69, 9.17) is 11.6 Å². The Hall–Kier alpha value is -2.53. The van der Waals surface area contributed by atoms with Gasteiger partial charge in [0.1, 0.15) is 16.7 Å². The molecular weight excluding hydrogens is 479 g/mol. The van der Waals surface area contributed by atoms with Crippen molar-refractivity contribution >= 4 is 39.2 Å². The van der Waals surface area contributed by atoms with Crippen LogP contribution in [0.2, 0.25) is 5.02 Å². The van der Waals surface area contributed by atoms with Gasteiger partial charge in [-0.1, -0.05) is 24.9 Å². The Labute approximate surface area is 194 Å². The van der Waals surface area contributed by atoms with Crippen molar-refractivity contribution in [1.29, 1.82) is 0 Å². The van der Waals surface area contributed by atoms with Crippen molar-refractivity contribution in [3.8, 4) is 0 Å². The molecule has 0 saturated heterocycles. The molecule has 1 aliphatic rings. The normalized spacial score (nSPS) is 15.9. The van der Waals surface area contributed by atoms with Gasteiger partial charge in [0.15, 0.2) is 11.2 Å². The zero-order valence-corrected chi connectivity index (χ0v) is 19.5. The maximum atomic E-state index is 13.2. The molecule has 1 saturated carbocycles. The highest BCUT2D eigenvalue weighted by Crippen LogP contribution is 2.35. The summed E-state index contributed by atoms with van der Waals surface area (Å²) in [6.45, 7) is 1.95. The first-order valence-corrected chi connectivity index (χ1v) is 12.1. The molecule has 12 heteroatoms. The molecule has 1 unspecified atom stereocenters. The number of nitrogens with zero attached hydrogens (tertiary/aromatic N) is 5. The Morgan fingerprint density at radius 2 is 2.09 bits per heavy atom. The summed E-state index contributed by atoms with van der Waals surface area (Å²) >= 11 is 5.90. The Morgan fingerprint density at radius 3 is 2.70 bits per heavy atom. The van der Waals surface area contributed by atoms with E-state index in [-0.39, 0.29) is 34.1 Å². The van der Waals surface area contributed by atoms with Crippen molar-refractivity contribution < 1.29 is 17.4 Å². The molecule has 3 heterocycles. The highest BCUT2D eigenvalue weighted by molar-refractivity contribution is 7.83. The second kappa shape index (κ2) is 9.02. The van der Waals surface area contributed by atoms with Crippen LogP contribution in [0.5, 0.6) is 0 Å². The number of aromatic nitrogens is 4. The summed E-state index contributed by atoms with van der Waals surface area (Å²) in [7, 11) is -0.0549. The van der Waals surface area contributed by atoms with Crippen LogP contribution >= 0.6 is 11.6 Å². The van der Waals surface area contributed by atoms with Crippen molar-refractivity contribution in [2.45, 2.75) is 44.8 Å². The molecule has 0 radical (unpaired) electrons. The minimum Gasteiger partial charge on any atom is -0.311 e. The lowest BCUT2D eigenvalue weighted by Gasteiger charge is -2.12. The van der Waals surface area contributed by atoms with Gasteiger partial charge < -0.3 is 4.57 Å². The second-order valence-corrected chi connectivity index (χ2v) is 9.51. The monoisotopic (exact) mass is 499 g/mol. The second-order valence-electron chi connectivity index (χ2n) is 7.87. The van der Waals surface area contributed by atoms with Gasteiger partial charge in [-0.15, -0.1) is 0 Å². The molecule has 3 aromatic heterocycles. The summed E-state index contributed by atoms with van der Waals surface area (Å²) in [5.74, 6) is 0.284. The lowest BCUT2D eigenvalue weighted by molar-refractivity contribution is -0.141. The summed E-state index contributed by atoms with van der Waals surface area (Å²) in [4.78, 5) is 16.4. The van der Waals surface area contributed by atoms with Crippen LogP contribution in [0, 0.1) is 0 Å². The minimum absolute atomic E-state index is 0.112. The van der Waals surface area contributed by atoms with Crippen LogP contribution in [0.3, 0.4) is 0 Å². The molecule has 1 atom stereocenters. The van der Waals surface area contributed by atoms with Crippen LogP contribution in [0.4, 0.5) is 13.2 Å². The smallest absolute Gasteiger partial charge is 0.311 e. The van der Waals surface area contributed by atoms with Gasteiger partial charge in [-0.05, 0) is 31.4 Å². The van der Waals surface area contributed by atoms with Crippen molar-refractivity contribution in [2.24, 2.45) is 11.4 Å². The Morgan fingerprint density at radius 1 is 1.36 bits per heavy atom. The van der Waals surface area contributed by atoms with E-state index < -0.39 is 27.9 Å². The lowest BCUT2D eigenvalue weighted by atomic mass is 10.1. The molecule has 0 amide bonds.